The first-order valence-electron chi connectivity index (χ1n) is 3.82. The molecule has 1 fully saturated rings. The van der Waals surface area contributed by atoms with Gasteiger partial charge in [-0.1, -0.05) is 0 Å². The van der Waals surface area contributed by atoms with Crippen LogP contribution in [0.25, 0.3) is 0 Å². The number of carbonyl (C=O) groups is 1. The molecule has 3 nitrogen and oxygen atoms in total. The van der Waals surface area contributed by atoms with Gasteiger partial charge < -0.3 is 9.47 Å². The summed E-state index contributed by atoms with van der Waals surface area (Å²) < 4.78 is 10.6. The number of rotatable bonds is 0. The highest BCUT2D eigenvalue weighted by Crippen LogP contribution is 2.23. The van der Waals surface area contributed by atoms with Crippen molar-refractivity contribution in [3.63, 3.8) is 0 Å². The van der Waals surface area contributed by atoms with E-state index in [9.17, 15) is 4.79 Å². The van der Waals surface area contributed by atoms with Crippen LogP contribution in [0.15, 0.2) is 0 Å². The van der Waals surface area contributed by atoms with E-state index >= 15 is 0 Å². The van der Waals surface area contributed by atoms with Crippen LogP contribution in [0.2, 0.25) is 0 Å². The fraction of sp³-hybridized carbons (Fsp3) is 0.875. The highest BCUT2D eigenvalue weighted by atomic mass is 16.7. The van der Waals surface area contributed by atoms with Gasteiger partial charge in [-0.3, -0.25) is 4.79 Å². The van der Waals surface area contributed by atoms with Crippen LogP contribution < -0.4 is 0 Å². The molecule has 2 atom stereocenters. The number of ether oxygens (including phenoxy) is 2. The summed E-state index contributed by atoms with van der Waals surface area (Å²) in [6, 6.07) is 0. The van der Waals surface area contributed by atoms with E-state index in [4.69, 9.17) is 9.47 Å². The van der Waals surface area contributed by atoms with Crippen molar-refractivity contribution in [3.8, 4) is 0 Å². The Morgan fingerprint density at radius 3 is 1.91 bits per heavy atom. The van der Waals surface area contributed by atoms with E-state index < -0.39 is 5.79 Å². The van der Waals surface area contributed by atoms with Gasteiger partial charge in [-0.25, -0.2) is 0 Å². The van der Waals surface area contributed by atoms with Gasteiger partial charge in [0.2, 0.25) is 0 Å². The third-order valence-corrected chi connectivity index (χ3v) is 1.72. The predicted octanol–water partition coefficient (Wildman–Crippen LogP) is 1.12. The van der Waals surface area contributed by atoms with Crippen LogP contribution in [0.4, 0.5) is 0 Å². The lowest BCUT2D eigenvalue weighted by molar-refractivity contribution is -0.273. The molecule has 0 N–H and O–H groups in total. The van der Waals surface area contributed by atoms with E-state index in [1.807, 2.05) is 13.8 Å². The van der Waals surface area contributed by atoms with Crippen LogP contribution in [0.5, 0.6) is 0 Å². The molecule has 1 aliphatic heterocycles. The smallest absolute Gasteiger partial charge is 0.189 e. The molecule has 1 rings (SSSR count). The number of hydrogen-bond donors (Lipinski definition) is 0. The second-order valence-electron chi connectivity index (χ2n) is 3.32. The maximum Gasteiger partial charge on any atom is 0.189 e. The molecule has 0 aromatic rings. The van der Waals surface area contributed by atoms with E-state index in [0.29, 0.717) is 0 Å². The van der Waals surface area contributed by atoms with Crippen molar-refractivity contribution < 1.29 is 14.3 Å². The van der Waals surface area contributed by atoms with Crippen LogP contribution >= 0.6 is 0 Å². The van der Waals surface area contributed by atoms with Gasteiger partial charge in [0, 0.05) is 0 Å². The average molecular weight is 158 g/mol. The normalized spacial score (nSPS) is 37.3. The molecule has 3 heteroatoms. The fourth-order valence-corrected chi connectivity index (χ4v) is 1.33. The molecular formula is C8H14O3. The van der Waals surface area contributed by atoms with Crippen LogP contribution in [0.3, 0.4) is 0 Å². The Labute approximate surface area is 66.7 Å². The maximum absolute atomic E-state index is 11.2. The summed E-state index contributed by atoms with van der Waals surface area (Å²) in [6.07, 6.45) is -0.678. The van der Waals surface area contributed by atoms with E-state index in [1.54, 1.807) is 13.8 Å². The van der Waals surface area contributed by atoms with Gasteiger partial charge in [0.1, 0.15) is 12.2 Å². The van der Waals surface area contributed by atoms with Gasteiger partial charge in [0.05, 0.1) is 0 Å². The Balaban J connectivity index is 2.70. The van der Waals surface area contributed by atoms with E-state index in [0.717, 1.165) is 0 Å². The first-order valence-corrected chi connectivity index (χ1v) is 3.82. The molecule has 0 aromatic heterocycles. The summed E-state index contributed by atoms with van der Waals surface area (Å²) in [5, 5.41) is 0. The van der Waals surface area contributed by atoms with E-state index in [-0.39, 0.29) is 18.0 Å². The summed E-state index contributed by atoms with van der Waals surface area (Å²) in [7, 11) is 0. The summed E-state index contributed by atoms with van der Waals surface area (Å²) in [5.41, 5.74) is 0. The number of carbonyl (C=O) groups excluding carboxylic acids is 1. The molecule has 1 heterocycles. The van der Waals surface area contributed by atoms with Gasteiger partial charge in [-0.05, 0) is 27.7 Å². The van der Waals surface area contributed by atoms with Crippen molar-refractivity contribution in [2.75, 3.05) is 0 Å². The Bertz CT molecular complexity index is 158. The maximum atomic E-state index is 11.2. The molecule has 1 saturated heterocycles. The lowest BCUT2D eigenvalue weighted by Gasteiger charge is -2.37. The highest BCUT2D eigenvalue weighted by molar-refractivity contribution is 5.87. The number of hydrogen-bond acceptors (Lipinski definition) is 3. The van der Waals surface area contributed by atoms with Gasteiger partial charge in [-0.15, -0.1) is 0 Å². The monoisotopic (exact) mass is 158 g/mol. The topological polar surface area (TPSA) is 35.5 Å². The third-order valence-electron chi connectivity index (χ3n) is 1.72. The zero-order valence-corrected chi connectivity index (χ0v) is 7.38. The van der Waals surface area contributed by atoms with Crippen LogP contribution in [0.1, 0.15) is 27.7 Å². The molecule has 0 saturated carbocycles. The fourth-order valence-electron chi connectivity index (χ4n) is 1.33. The van der Waals surface area contributed by atoms with Gasteiger partial charge in [-0.2, -0.15) is 0 Å². The minimum absolute atomic E-state index is 0.0179. The second kappa shape index (κ2) is 2.57. The van der Waals surface area contributed by atoms with Crippen molar-refractivity contribution in [2.24, 2.45) is 0 Å². The largest absolute Gasteiger partial charge is 0.340 e. The molecule has 0 spiro atoms. The molecule has 64 valence electrons. The Hall–Kier alpha value is -0.410. The van der Waals surface area contributed by atoms with Crippen molar-refractivity contribution >= 4 is 5.78 Å². The quantitative estimate of drug-likeness (QED) is 0.530. The van der Waals surface area contributed by atoms with Gasteiger partial charge in [0.25, 0.3) is 0 Å². The van der Waals surface area contributed by atoms with E-state index in [1.165, 1.54) is 0 Å². The lowest BCUT2D eigenvalue weighted by atomic mass is 10.1. The molecule has 11 heavy (non-hydrogen) atoms. The highest BCUT2D eigenvalue weighted by Gasteiger charge is 2.37. The average Bonchev–Trinajstić information content (AvgIpc) is 1.81. The minimum atomic E-state index is -0.618. The molecule has 0 aromatic carbocycles. The second-order valence-corrected chi connectivity index (χ2v) is 3.32. The van der Waals surface area contributed by atoms with Crippen molar-refractivity contribution in [3.05, 3.63) is 0 Å². The molecule has 1 aliphatic rings. The molecule has 0 unspecified atom stereocenters. The number of ketones is 1. The molecular weight excluding hydrogens is 144 g/mol. The standard InChI is InChI=1S/C8H14O3/c1-5-7(9)6(2)11-8(3,4)10-5/h5-6H,1-4H3/t5-,6-/m0/s1. The van der Waals surface area contributed by atoms with Gasteiger partial charge in [0.15, 0.2) is 11.6 Å². The van der Waals surface area contributed by atoms with Crippen molar-refractivity contribution in [1.82, 2.24) is 0 Å². The minimum Gasteiger partial charge on any atom is -0.340 e. The van der Waals surface area contributed by atoms with Crippen LogP contribution in [0, 0.1) is 0 Å². The summed E-state index contributed by atoms with van der Waals surface area (Å²) >= 11 is 0. The third kappa shape index (κ3) is 1.79. The first kappa shape index (κ1) is 8.68. The number of Topliss-reactive ketones (excluding diaryl/α,β-unsaturated/α-hetero) is 1. The lowest BCUT2D eigenvalue weighted by Crippen LogP contribution is -2.49. The Kier molecular flexibility index (Phi) is 2.03. The summed E-state index contributed by atoms with van der Waals surface area (Å²) in [5.74, 6) is -0.600. The zero-order chi connectivity index (χ0) is 8.65. The SMILES string of the molecule is C[C@@H]1OC(C)(C)O[C@@H](C)C1=O. The van der Waals surface area contributed by atoms with E-state index in [2.05, 4.69) is 0 Å². The Morgan fingerprint density at radius 2 is 1.55 bits per heavy atom. The first-order chi connectivity index (χ1) is 4.92. The van der Waals surface area contributed by atoms with Crippen LogP contribution in [-0.2, 0) is 14.3 Å². The molecule has 0 radical (unpaired) electrons. The summed E-state index contributed by atoms with van der Waals surface area (Å²) in [4.78, 5) is 11.2. The van der Waals surface area contributed by atoms with Gasteiger partial charge >= 0.3 is 0 Å². The molecule has 0 aliphatic carbocycles. The Morgan fingerprint density at radius 1 is 1.18 bits per heavy atom. The predicted molar refractivity (Wildman–Crippen MR) is 40.2 cm³/mol. The molecule has 0 amide bonds. The van der Waals surface area contributed by atoms with Crippen LogP contribution in [-0.4, -0.2) is 23.8 Å². The molecule has 0 bridgehead atoms. The zero-order valence-electron chi connectivity index (χ0n) is 7.38. The van der Waals surface area contributed by atoms with Crippen molar-refractivity contribution in [2.45, 2.75) is 45.7 Å². The van der Waals surface area contributed by atoms with Crippen molar-refractivity contribution in [1.29, 1.82) is 0 Å². The summed E-state index contributed by atoms with van der Waals surface area (Å²) in [6.45, 7) is 7.13.